The third kappa shape index (κ3) is 3.45. The summed E-state index contributed by atoms with van der Waals surface area (Å²) in [5.41, 5.74) is 15.1. The third-order valence-electron chi connectivity index (χ3n) is 12.0. The van der Waals surface area contributed by atoms with Gasteiger partial charge < -0.3 is 4.57 Å². The largest absolute Gasteiger partial charge is 0.310 e. The first-order valence-corrected chi connectivity index (χ1v) is 18.4. The zero-order chi connectivity index (χ0) is 34.6. The number of aryl methyl sites for hydroxylation is 1. The number of hydrogen-bond donors (Lipinski definition) is 0. The number of para-hydroxylation sites is 1. The molecule has 0 spiro atoms. The number of fused-ring (bicyclic) bond motifs is 14. The smallest absolute Gasteiger partial charge is 0.252 e. The highest BCUT2D eigenvalue weighted by atomic mass is 15.1. The molecule has 12 rings (SSSR count). The van der Waals surface area contributed by atoms with Gasteiger partial charge in [0, 0.05) is 33.1 Å². The quantitative estimate of drug-likeness (QED) is 0.127. The maximum atomic E-state index is 5.36. The summed E-state index contributed by atoms with van der Waals surface area (Å²) < 4.78 is 5.09. The molecule has 2 aliphatic rings. The monoisotopic (exact) mass is 663 g/mol. The molecular weight excluding hydrogens is 629 g/mol. The Hall–Kier alpha value is -6.13. The first kappa shape index (κ1) is 28.6. The Kier molecular flexibility index (Phi) is 5.27. The lowest BCUT2D eigenvalue weighted by Crippen LogP contribution is -2.59. The van der Waals surface area contributed by atoms with Crippen LogP contribution in [0.3, 0.4) is 0 Å². The second-order valence-electron chi connectivity index (χ2n) is 16.0. The Morgan fingerprint density at radius 3 is 1.96 bits per heavy atom. The molecule has 0 atom stereocenters. The Morgan fingerprint density at radius 1 is 0.538 bits per heavy atom. The van der Waals surface area contributed by atoms with Gasteiger partial charge in [-0.1, -0.05) is 130 Å². The number of aromatic nitrogens is 3. The maximum absolute atomic E-state index is 5.36. The average Bonchev–Trinajstić information content (AvgIpc) is 3.72. The van der Waals surface area contributed by atoms with Crippen LogP contribution in [0.1, 0.15) is 31.9 Å². The van der Waals surface area contributed by atoms with E-state index in [0.29, 0.717) is 0 Å². The summed E-state index contributed by atoms with van der Waals surface area (Å²) in [6, 6.07) is 50.1. The lowest BCUT2D eigenvalue weighted by atomic mass is 9.34. The van der Waals surface area contributed by atoms with Crippen molar-refractivity contribution < 1.29 is 0 Å². The van der Waals surface area contributed by atoms with E-state index in [9.17, 15) is 0 Å². The molecule has 4 heterocycles. The molecule has 244 valence electrons. The van der Waals surface area contributed by atoms with Crippen molar-refractivity contribution in [2.75, 3.05) is 0 Å². The number of nitrogens with zero attached hydrogens (tertiary/aromatic N) is 3. The van der Waals surface area contributed by atoms with Crippen LogP contribution < -0.4 is 16.4 Å². The van der Waals surface area contributed by atoms with E-state index in [0.717, 1.165) is 16.9 Å². The van der Waals surface area contributed by atoms with E-state index in [4.69, 9.17) is 4.98 Å². The Balaban J connectivity index is 1.35. The number of hydrogen-bond acceptors (Lipinski definition) is 1. The minimum absolute atomic E-state index is 0.00783. The van der Waals surface area contributed by atoms with Crippen LogP contribution in [0.5, 0.6) is 0 Å². The molecule has 0 saturated carbocycles. The zero-order valence-corrected chi connectivity index (χ0v) is 29.6. The molecule has 0 radical (unpaired) electrons. The predicted octanol–water partition coefficient (Wildman–Crippen LogP) is 10.00. The molecule has 3 nitrogen and oxygen atoms in total. The van der Waals surface area contributed by atoms with Gasteiger partial charge in [-0.25, -0.2) is 4.98 Å². The standard InChI is InChI=1S/C48H34BN3/c1-27-23-40-44-41(24-27)52-45-36(19-12-20-38(45)50-47(52)28-13-6-5-7-14-28)49(44)37-26-35-32-17-9-8-15-30(32)31-16-10-11-18-33(31)42(35)43-34-22-21-29(48(2,3)4)25-39(34)51(40)46(37)43/h5-26H,1-4H3. The summed E-state index contributed by atoms with van der Waals surface area (Å²) in [6.45, 7) is 9.28. The Bertz CT molecular complexity index is 3230. The predicted molar refractivity (Wildman–Crippen MR) is 221 cm³/mol. The van der Waals surface area contributed by atoms with Gasteiger partial charge in [0.15, 0.2) is 0 Å². The first-order chi connectivity index (χ1) is 25.4. The highest BCUT2D eigenvalue weighted by molar-refractivity contribution is 7.00. The molecular formula is C48H34BN3. The van der Waals surface area contributed by atoms with Crippen molar-refractivity contribution in [3.8, 4) is 22.8 Å². The Labute approximate surface area is 301 Å². The summed E-state index contributed by atoms with van der Waals surface area (Å²) in [5.74, 6) is 0.994. The van der Waals surface area contributed by atoms with Gasteiger partial charge in [0.25, 0.3) is 6.71 Å². The van der Waals surface area contributed by atoms with Crippen LogP contribution in [0.25, 0.3) is 87.9 Å². The van der Waals surface area contributed by atoms with Crippen LogP contribution in [0, 0.1) is 6.92 Å². The molecule has 2 aliphatic heterocycles. The molecule has 8 aromatic carbocycles. The molecule has 0 bridgehead atoms. The summed E-state index contributed by atoms with van der Waals surface area (Å²) >= 11 is 0. The number of imidazole rings is 1. The summed E-state index contributed by atoms with van der Waals surface area (Å²) in [5, 5.41) is 10.6. The highest BCUT2D eigenvalue weighted by Crippen LogP contribution is 2.45. The van der Waals surface area contributed by atoms with Crippen LogP contribution in [0.4, 0.5) is 0 Å². The summed E-state index contributed by atoms with van der Waals surface area (Å²) in [7, 11) is 0. The molecule has 0 unspecified atom stereocenters. The minimum atomic E-state index is 0.00783. The van der Waals surface area contributed by atoms with Gasteiger partial charge in [-0.2, -0.15) is 0 Å². The number of rotatable bonds is 1. The van der Waals surface area contributed by atoms with E-state index in [1.165, 1.54) is 98.5 Å². The lowest BCUT2D eigenvalue weighted by Gasteiger charge is -2.34. The SMILES string of the molecule is Cc1cc2c3c(c1)-n1c4cc(C(C)(C)C)ccc4c4c5c6ccccc6c6ccccc6c5cc(c41)B3c1cccc3nc(-c4ccccc4)n-2c13. The molecule has 0 fully saturated rings. The van der Waals surface area contributed by atoms with Gasteiger partial charge in [0.1, 0.15) is 5.82 Å². The molecule has 0 amide bonds. The second-order valence-corrected chi connectivity index (χ2v) is 16.0. The van der Waals surface area contributed by atoms with Crippen LogP contribution in [0.2, 0.25) is 0 Å². The van der Waals surface area contributed by atoms with E-state index < -0.39 is 0 Å². The molecule has 2 aromatic heterocycles. The van der Waals surface area contributed by atoms with Crippen molar-refractivity contribution in [1.29, 1.82) is 0 Å². The van der Waals surface area contributed by atoms with Crippen molar-refractivity contribution in [2.24, 2.45) is 0 Å². The van der Waals surface area contributed by atoms with Crippen molar-refractivity contribution in [3.63, 3.8) is 0 Å². The van der Waals surface area contributed by atoms with Crippen LogP contribution in [0.15, 0.2) is 133 Å². The van der Waals surface area contributed by atoms with Crippen LogP contribution in [-0.2, 0) is 5.41 Å². The molecule has 0 aliphatic carbocycles. The topological polar surface area (TPSA) is 22.8 Å². The second kappa shape index (κ2) is 9.60. The minimum Gasteiger partial charge on any atom is -0.310 e. The van der Waals surface area contributed by atoms with E-state index in [1.54, 1.807) is 0 Å². The van der Waals surface area contributed by atoms with Crippen molar-refractivity contribution in [3.05, 3.63) is 145 Å². The average molecular weight is 664 g/mol. The van der Waals surface area contributed by atoms with Crippen LogP contribution in [-0.4, -0.2) is 20.8 Å². The first-order valence-electron chi connectivity index (χ1n) is 18.4. The van der Waals surface area contributed by atoms with Crippen molar-refractivity contribution in [2.45, 2.75) is 33.1 Å². The maximum Gasteiger partial charge on any atom is 0.252 e. The van der Waals surface area contributed by atoms with Crippen molar-refractivity contribution >= 4 is 88.3 Å². The fourth-order valence-corrected chi connectivity index (χ4v) is 9.87. The van der Waals surface area contributed by atoms with Crippen LogP contribution >= 0.6 is 0 Å². The molecule has 4 heteroatoms. The zero-order valence-electron chi connectivity index (χ0n) is 29.6. The Morgan fingerprint density at radius 2 is 1.21 bits per heavy atom. The lowest BCUT2D eigenvalue weighted by molar-refractivity contribution is 0.591. The van der Waals surface area contributed by atoms with Gasteiger partial charge in [-0.05, 0) is 91.1 Å². The van der Waals surface area contributed by atoms with Gasteiger partial charge in [-0.15, -0.1) is 0 Å². The van der Waals surface area contributed by atoms with Gasteiger partial charge >= 0.3 is 0 Å². The van der Waals surface area contributed by atoms with Gasteiger partial charge in [0.05, 0.1) is 22.1 Å². The van der Waals surface area contributed by atoms with Crippen molar-refractivity contribution in [1.82, 2.24) is 14.1 Å². The summed E-state index contributed by atoms with van der Waals surface area (Å²) in [4.78, 5) is 5.36. The van der Waals surface area contributed by atoms with E-state index in [-0.39, 0.29) is 12.1 Å². The normalized spacial score (nSPS) is 13.3. The fourth-order valence-electron chi connectivity index (χ4n) is 9.87. The summed E-state index contributed by atoms with van der Waals surface area (Å²) in [6.07, 6.45) is 0. The highest BCUT2D eigenvalue weighted by Gasteiger charge is 2.42. The third-order valence-corrected chi connectivity index (χ3v) is 12.0. The number of benzene rings is 8. The molecule has 10 aromatic rings. The van der Waals surface area contributed by atoms with Gasteiger partial charge in [-0.3, -0.25) is 4.57 Å². The van der Waals surface area contributed by atoms with E-state index >= 15 is 0 Å². The fraction of sp³-hybridized carbons (Fsp3) is 0.104. The van der Waals surface area contributed by atoms with E-state index in [1.807, 2.05) is 0 Å². The molecule has 0 N–H and O–H groups in total. The molecule has 52 heavy (non-hydrogen) atoms. The van der Waals surface area contributed by atoms with E-state index in [2.05, 4.69) is 170 Å². The van der Waals surface area contributed by atoms with Gasteiger partial charge in [0.2, 0.25) is 0 Å². The molecule has 0 saturated heterocycles.